The Hall–Kier alpha value is -1.95. The molecule has 0 aliphatic heterocycles. The minimum Gasteiger partial charge on any atom is -0.481 e. The summed E-state index contributed by atoms with van der Waals surface area (Å²) >= 11 is 5.71. The normalized spacial score (nSPS) is 10.8. The molecule has 0 fully saturated rings. The maximum atomic E-state index is 13.7. The molecule has 1 N–H and O–H groups in total. The number of rotatable bonds is 7. The van der Waals surface area contributed by atoms with Gasteiger partial charge in [0.2, 0.25) is 5.89 Å². The fourth-order valence-electron chi connectivity index (χ4n) is 1.87. The standard InChI is InChI=1S/C14H14ClFN2O3/c15-10-5-3-4-9(14(10)16)8-11-17-12(21-18-11)6-1-2-7-13(19)20/h3-5H,1-2,6-8H2,(H,19,20). The van der Waals surface area contributed by atoms with Gasteiger partial charge >= 0.3 is 5.97 Å². The number of unbranched alkanes of at least 4 members (excludes halogenated alkanes) is 1. The Morgan fingerprint density at radius 1 is 1.38 bits per heavy atom. The van der Waals surface area contributed by atoms with E-state index < -0.39 is 11.8 Å². The summed E-state index contributed by atoms with van der Waals surface area (Å²) < 4.78 is 18.8. The number of carboxylic acid groups (broad SMARTS) is 1. The number of carboxylic acids is 1. The van der Waals surface area contributed by atoms with E-state index in [1.165, 1.54) is 6.07 Å². The SMILES string of the molecule is O=C(O)CCCCc1nc(Cc2cccc(Cl)c2F)no1. The molecule has 0 saturated carbocycles. The third-order valence-electron chi connectivity index (χ3n) is 2.92. The van der Waals surface area contributed by atoms with Gasteiger partial charge in [0.15, 0.2) is 5.82 Å². The van der Waals surface area contributed by atoms with Gasteiger partial charge in [-0.25, -0.2) is 4.39 Å². The molecule has 1 aromatic carbocycles. The van der Waals surface area contributed by atoms with E-state index in [4.69, 9.17) is 21.2 Å². The lowest BCUT2D eigenvalue weighted by molar-refractivity contribution is -0.137. The first-order chi connectivity index (χ1) is 10.1. The van der Waals surface area contributed by atoms with E-state index in [0.717, 1.165) is 0 Å². The number of hydrogen-bond acceptors (Lipinski definition) is 4. The van der Waals surface area contributed by atoms with Crippen molar-refractivity contribution in [3.05, 3.63) is 46.3 Å². The highest BCUT2D eigenvalue weighted by Crippen LogP contribution is 2.19. The molecule has 0 aliphatic rings. The van der Waals surface area contributed by atoms with E-state index in [2.05, 4.69) is 10.1 Å². The van der Waals surface area contributed by atoms with Crippen molar-refractivity contribution in [1.29, 1.82) is 0 Å². The molecular formula is C14H14ClFN2O3. The molecule has 0 spiro atoms. The number of halogens is 2. The molecular weight excluding hydrogens is 299 g/mol. The van der Waals surface area contributed by atoms with Gasteiger partial charge in [0.05, 0.1) is 5.02 Å². The number of benzene rings is 1. The van der Waals surface area contributed by atoms with Gasteiger partial charge < -0.3 is 9.63 Å². The Balaban J connectivity index is 1.91. The average molecular weight is 313 g/mol. The maximum Gasteiger partial charge on any atom is 0.303 e. The van der Waals surface area contributed by atoms with E-state index in [1.807, 2.05) is 0 Å². The highest BCUT2D eigenvalue weighted by atomic mass is 35.5. The number of aryl methyl sites for hydroxylation is 1. The summed E-state index contributed by atoms with van der Waals surface area (Å²) in [6.45, 7) is 0. The number of aliphatic carboxylic acids is 1. The van der Waals surface area contributed by atoms with Crippen LogP contribution in [0.5, 0.6) is 0 Å². The molecule has 0 saturated heterocycles. The third-order valence-corrected chi connectivity index (χ3v) is 3.21. The van der Waals surface area contributed by atoms with Crippen molar-refractivity contribution in [2.24, 2.45) is 0 Å². The molecule has 1 heterocycles. The van der Waals surface area contributed by atoms with E-state index in [9.17, 15) is 9.18 Å². The van der Waals surface area contributed by atoms with Gasteiger partial charge in [0, 0.05) is 19.3 Å². The lowest BCUT2D eigenvalue weighted by Gasteiger charge is -2.00. The molecule has 0 radical (unpaired) electrons. The van der Waals surface area contributed by atoms with Gasteiger partial charge in [-0.05, 0) is 24.5 Å². The highest BCUT2D eigenvalue weighted by Gasteiger charge is 2.12. The van der Waals surface area contributed by atoms with Gasteiger partial charge in [-0.3, -0.25) is 4.79 Å². The van der Waals surface area contributed by atoms with Crippen LogP contribution in [0.2, 0.25) is 5.02 Å². The van der Waals surface area contributed by atoms with Crippen LogP contribution in [-0.4, -0.2) is 21.2 Å². The molecule has 5 nitrogen and oxygen atoms in total. The van der Waals surface area contributed by atoms with Gasteiger partial charge in [-0.1, -0.05) is 28.9 Å². The van der Waals surface area contributed by atoms with Crippen LogP contribution >= 0.6 is 11.6 Å². The summed E-state index contributed by atoms with van der Waals surface area (Å²) in [6.07, 6.45) is 2.04. The molecule has 2 rings (SSSR count). The smallest absolute Gasteiger partial charge is 0.303 e. The fourth-order valence-corrected chi connectivity index (χ4v) is 2.07. The summed E-state index contributed by atoms with van der Waals surface area (Å²) in [5.74, 6) is -0.494. The van der Waals surface area contributed by atoms with Gasteiger partial charge in [-0.2, -0.15) is 4.98 Å². The van der Waals surface area contributed by atoms with E-state index in [1.54, 1.807) is 12.1 Å². The number of carbonyl (C=O) groups is 1. The Kier molecular flexibility index (Phi) is 5.27. The Bertz CT molecular complexity index is 630. The van der Waals surface area contributed by atoms with E-state index in [-0.39, 0.29) is 17.9 Å². The zero-order valence-corrected chi connectivity index (χ0v) is 11.9. The molecule has 1 aromatic heterocycles. The van der Waals surface area contributed by atoms with Crippen LogP contribution in [0.25, 0.3) is 0 Å². The molecule has 0 bridgehead atoms. The van der Waals surface area contributed by atoms with E-state index >= 15 is 0 Å². The van der Waals surface area contributed by atoms with Crippen LogP contribution in [0.1, 0.15) is 36.5 Å². The lowest BCUT2D eigenvalue weighted by atomic mass is 10.1. The summed E-state index contributed by atoms with van der Waals surface area (Å²) in [4.78, 5) is 14.5. The monoisotopic (exact) mass is 312 g/mol. The summed E-state index contributed by atoms with van der Waals surface area (Å²) in [5, 5.41) is 12.4. The molecule has 0 atom stereocenters. The van der Waals surface area contributed by atoms with Crippen LogP contribution in [0.15, 0.2) is 22.7 Å². The molecule has 112 valence electrons. The van der Waals surface area contributed by atoms with Crippen LogP contribution < -0.4 is 0 Å². The van der Waals surface area contributed by atoms with Crippen LogP contribution in [0.4, 0.5) is 4.39 Å². The molecule has 0 amide bonds. The quantitative estimate of drug-likeness (QED) is 0.794. The number of hydrogen-bond donors (Lipinski definition) is 1. The molecule has 0 aliphatic carbocycles. The summed E-state index contributed by atoms with van der Waals surface area (Å²) in [7, 11) is 0. The van der Waals surface area contributed by atoms with Gasteiger partial charge in [-0.15, -0.1) is 0 Å². The van der Waals surface area contributed by atoms with Crippen LogP contribution in [-0.2, 0) is 17.6 Å². The lowest BCUT2D eigenvalue weighted by Crippen LogP contribution is -1.96. The predicted octanol–water partition coefficient (Wildman–Crippen LogP) is 3.25. The second-order valence-corrected chi connectivity index (χ2v) is 5.00. The summed E-state index contributed by atoms with van der Waals surface area (Å²) in [5.41, 5.74) is 0.403. The Morgan fingerprint density at radius 3 is 2.95 bits per heavy atom. The Morgan fingerprint density at radius 2 is 2.19 bits per heavy atom. The zero-order valence-electron chi connectivity index (χ0n) is 11.2. The average Bonchev–Trinajstić information content (AvgIpc) is 2.87. The number of aromatic nitrogens is 2. The highest BCUT2D eigenvalue weighted by molar-refractivity contribution is 6.30. The van der Waals surface area contributed by atoms with Crippen molar-refractivity contribution < 1.29 is 18.8 Å². The second kappa shape index (κ2) is 7.17. The molecule has 2 aromatic rings. The first-order valence-corrected chi connectivity index (χ1v) is 6.90. The van der Waals surface area contributed by atoms with Crippen LogP contribution in [0, 0.1) is 5.82 Å². The fraction of sp³-hybridized carbons (Fsp3) is 0.357. The van der Waals surface area contributed by atoms with Crippen molar-refractivity contribution in [3.63, 3.8) is 0 Å². The first kappa shape index (κ1) is 15.4. The minimum absolute atomic E-state index is 0.0601. The zero-order chi connectivity index (χ0) is 15.2. The minimum atomic E-state index is -0.822. The van der Waals surface area contributed by atoms with Crippen molar-refractivity contribution in [2.75, 3.05) is 0 Å². The summed E-state index contributed by atoms with van der Waals surface area (Å²) in [6, 6.07) is 4.75. The largest absolute Gasteiger partial charge is 0.481 e. The molecule has 7 heteroatoms. The number of nitrogens with zero attached hydrogens (tertiary/aromatic N) is 2. The Labute approximate surface area is 125 Å². The van der Waals surface area contributed by atoms with Crippen LogP contribution in [0.3, 0.4) is 0 Å². The topological polar surface area (TPSA) is 76.2 Å². The van der Waals surface area contributed by atoms with Crippen molar-refractivity contribution in [2.45, 2.75) is 32.1 Å². The van der Waals surface area contributed by atoms with E-state index in [0.29, 0.717) is 36.5 Å². The molecule has 0 unspecified atom stereocenters. The first-order valence-electron chi connectivity index (χ1n) is 6.52. The van der Waals surface area contributed by atoms with Crippen molar-refractivity contribution in [1.82, 2.24) is 10.1 Å². The maximum absolute atomic E-state index is 13.7. The van der Waals surface area contributed by atoms with Gasteiger partial charge in [0.1, 0.15) is 5.82 Å². The predicted molar refractivity (Wildman–Crippen MR) is 73.7 cm³/mol. The molecule has 21 heavy (non-hydrogen) atoms. The van der Waals surface area contributed by atoms with Gasteiger partial charge in [0.25, 0.3) is 0 Å². The third kappa shape index (κ3) is 4.53. The van der Waals surface area contributed by atoms with Crippen molar-refractivity contribution >= 4 is 17.6 Å². The second-order valence-electron chi connectivity index (χ2n) is 4.59. The van der Waals surface area contributed by atoms with Crippen molar-refractivity contribution in [3.8, 4) is 0 Å².